The van der Waals surface area contributed by atoms with Crippen molar-refractivity contribution >= 4 is 17.4 Å². The number of fused-ring (bicyclic) bond motifs is 1. The molecule has 242 valence electrons. The lowest BCUT2D eigenvalue weighted by molar-refractivity contribution is -0.138. The third-order valence-corrected chi connectivity index (χ3v) is 8.70. The highest BCUT2D eigenvalue weighted by Gasteiger charge is 2.40. The third-order valence-electron chi connectivity index (χ3n) is 8.70. The predicted octanol–water partition coefficient (Wildman–Crippen LogP) is 3.02. The fourth-order valence-electron chi connectivity index (χ4n) is 6.55. The number of aromatic nitrogens is 2. The van der Waals surface area contributed by atoms with E-state index in [-0.39, 0.29) is 55.1 Å². The number of aliphatic hydroxyl groups is 1. The zero-order valence-electron chi connectivity index (χ0n) is 25.3. The molecule has 0 radical (unpaired) electrons. The minimum Gasteiger partial charge on any atom is -0.496 e. The van der Waals surface area contributed by atoms with Crippen molar-refractivity contribution in [3.05, 3.63) is 59.1 Å². The van der Waals surface area contributed by atoms with Crippen LogP contribution in [0.4, 0.5) is 24.7 Å². The number of rotatable bonds is 10. The lowest BCUT2D eigenvalue weighted by atomic mass is 10.0. The summed E-state index contributed by atoms with van der Waals surface area (Å²) in [5.74, 6) is 0.117. The van der Waals surface area contributed by atoms with Crippen molar-refractivity contribution in [1.82, 2.24) is 19.8 Å². The molecule has 14 heteroatoms. The molecule has 1 aromatic carbocycles. The van der Waals surface area contributed by atoms with E-state index in [1.807, 2.05) is 4.90 Å². The van der Waals surface area contributed by atoms with E-state index in [9.17, 15) is 23.1 Å². The molecule has 0 unspecified atom stereocenters. The molecule has 0 spiro atoms. The number of piperazine rings is 1. The summed E-state index contributed by atoms with van der Waals surface area (Å²) in [4.78, 5) is 33.1. The van der Waals surface area contributed by atoms with Crippen molar-refractivity contribution in [1.29, 1.82) is 0 Å². The van der Waals surface area contributed by atoms with Gasteiger partial charge in [-0.2, -0.15) is 23.1 Å². The van der Waals surface area contributed by atoms with Crippen LogP contribution in [0.5, 0.6) is 11.8 Å². The van der Waals surface area contributed by atoms with E-state index in [1.54, 1.807) is 15.9 Å². The number of likely N-dealkylation sites (tertiary alicyclic amines) is 1. The number of methoxy groups -OCH3 is 1. The molecule has 1 N–H and O–H groups in total. The van der Waals surface area contributed by atoms with E-state index in [2.05, 4.69) is 16.3 Å². The van der Waals surface area contributed by atoms with Crippen LogP contribution in [0.1, 0.15) is 29.7 Å². The standard InChI is InChI=1S/C31H38F3N7O4/c1-4-27(43)41-14-13-40(18-22(41)17-35-2)29-23-10-12-39(25-8-5-9-26(44-3)28(25)31(32,33)34)19-24(23)36-30(37-29)45-20-21-7-6-11-38(21)15-16-42/h4-5,8-9,21-22,42H,1,6-7,10-20H2,3H3/t21-,22-/m0/s1. The fraction of sp³-hybridized carbons (Fsp3) is 0.548. The average Bonchev–Trinajstić information content (AvgIpc) is 3.49. The van der Waals surface area contributed by atoms with E-state index >= 15 is 0 Å². The molecule has 2 aromatic rings. The topological polar surface area (TPSA) is 98.9 Å². The summed E-state index contributed by atoms with van der Waals surface area (Å²) in [6.07, 6.45) is -1.12. The lowest BCUT2D eigenvalue weighted by Crippen LogP contribution is -2.56. The maximum Gasteiger partial charge on any atom is 0.421 e. The van der Waals surface area contributed by atoms with E-state index in [1.165, 1.54) is 25.3 Å². The monoisotopic (exact) mass is 629 g/mol. The molecule has 5 rings (SSSR count). The number of hydrogen-bond donors (Lipinski definition) is 1. The first kappa shape index (κ1) is 32.3. The van der Waals surface area contributed by atoms with E-state index in [4.69, 9.17) is 26.0 Å². The first-order chi connectivity index (χ1) is 21.7. The highest BCUT2D eigenvalue weighted by molar-refractivity contribution is 5.87. The van der Waals surface area contributed by atoms with Crippen LogP contribution in [-0.4, -0.2) is 109 Å². The van der Waals surface area contributed by atoms with Gasteiger partial charge in [0.15, 0.2) is 0 Å². The Morgan fingerprint density at radius 1 is 1.20 bits per heavy atom. The van der Waals surface area contributed by atoms with Gasteiger partial charge in [0.25, 0.3) is 0 Å². The Labute approximate surface area is 260 Å². The van der Waals surface area contributed by atoms with Gasteiger partial charge >= 0.3 is 12.2 Å². The number of benzene rings is 1. The van der Waals surface area contributed by atoms with Crippen LogP contribution < -0.4 is 19.3 Å². The summed E-state index contributed by atoms with van der Waals surface area (Å²) in [7, 11) is 1.22. The molecule has 2 fully saturated rings. The molecule has 2 saturated heterocycles. The maximum atomic E-state index is 14.2. The van der Waals surface area contributed by atoms with Crippen LogP contribution >= 0.6 is 0 Å². The summed E-state index contributed by atoms with van der Waals surface area (Å²) in [6, 6.07) is 4.11. The number of hydrogen-bond acceptors (Lipinski definition) is 9. The summed E-state index contributed by atoms with van der Waals surface area (Å²) >= 11 is 0. The van der Waals surface area contributed by atoms with Gasteiger partial charge in [-0.15, -0.1) is 0 Å². The van der Waals surface area contributed by atoms with Gasteiger partial charge in [-0.1, -0.05) is 12.6 Å². The second-order valence-corrected chi connectivity index (χ2v) is 11.3. The molecular formula is C31H38F3N7O4. The summed E-state index contributed by atoms with van der Waals surface area (Å²) in [5, 5.41) is 9.45. The normalized spacial score (nSPS) is 20.5. The molecule has 45 heavy (non-hydrogen) atoms. The maximum absolute atomic E-state index is 14.2. The van der Waals surface area contributed by atoms with Crippen LogP contribution in [0.3, 0.4) is 0 Å². The second kappa shape index (κ2) is 13.9. The smallest absolute Gasteiger partial charge is 0.421 e. The molecular weight excluding hydrogens is 591 g/mol. The highest BCUT2D eigenvalue weighted by Crippen LogP contribution is 2.44. The number of β-amino-alcohol motifs (C(OH)–C–C–N with tert-alkyl or cyclic N) is 1. The van der Waals surface area contributed by atoms with Gasteiger partial charge in [0, 0.05) is 44.3 Å². The molecule has 4 heterocycles. The quantitative estimate of drug-likeness (QED) is 0.314. The molecule has 1 amide bonds. The number of halogens is 3. The number of aliphatic hydroxyl groups excluding tert-OH is 1. The Hall–Kier alpha value is -4.09. The first-order valence-electron chi connectivity index (χ1n) is 15.1. The predicted molar refractivity (Wildman–Crippen MR) is 161 cm³/mol. The molecule has 0 aliphatic carbocycles. The summed E-state index contributed by atoms with van der Waals surface area (Å²) in [6.45, 7) is 14.4. The zero-order chi connectivity index (χ0) is 32.1. The van der Waals surface area contributed by atoms with Gasteiger partial charge in [0.1, 0.15) is 29.8 Å². The highest BCUT2D eigenvalue weighted by atomic mass is 19.4. The van der Waals surface area contributed by atoms with Gasteiger partial charge < -0.3 is 34.1 Å². The number of amides is 1. The second-order valence-electron chi connectivity index (χ2n) is 11.3. The molecule has 0 bridgehead atoms. The lowest BCUT2D eigenvalue weighted by Gasteiger charge is -2.41. The van der Waals surface area contributed by atoms with Gasteiger partial charge in [-0.05, 0) is 44.0 Å². The number of ether oxygens (including phenoxy) is 2. The van der Waals surface area contributed by atoms with Gasteiger partial charge in [0.05, 0.1) is 31.6 Å². The van der Waals surface area contributed by atoms with Crippen molar-refractivity contribution in [2.45, 2.75) is 44.1 Å². The van der Waals surface area contributed by atoms with E-state index < -0.39 is 11.7 Å². The SMILES string of the molecule is [C-]#[N+]C[C@H]1CN(c2nc(OC[C@@H]3CCCN3CCO)nc3c2CCN(c2cccc(OC)c2C(F)(F)F)C3)CCN1C(=O)C=C. The Bertz CT molecular complexity index is 1430. The molecule has 0 saturated carbocycles. The molecule has 3 aliphatic rings. The minimum absolute atomic E-state index is 0.00871. The van der Waals surface area contributed by atoms with Crippen LogP contribution in [0.25, 0.3) is 4.85 Å². The molecule has 3 aliphatic heterocycles. The van der Waals surface area contributed by atoms with Gasteiger partial charge in [0.2, 0.25) is 12.5 Å². The van der Waals surface area contributed by atoms with E-state index in [0.717, 1.165) is 24.9 Å². The fourth-order valence-corrected chi connectivity index (χ4v) is 6.55. The third kappa shape index (κ3) is 6.94. The molecule has 1 aromatic heterocycles. The number of alkyl halides is 3. The molecule has 2 atom stereocenters. The number of anilines is 2. The van der Waals surface area contributed by atoms with Crippen molar-refractivity contribution in [3.8, 4) is 11.8 Å². The van der Waals surface area contributed by atoms with Crippen molar-refractivity contribution < 1.29 is 32.5 Å². The van der Waals surface area contributed by atoms with Gasteiger partial charge in [-0.25, -0.2) is 6.57 Å². The van der Waals surface area contributed by atoms with Gasteiger partial charge in [-0.3, -0.25) is 9.69 Å². The number of carbonyl (C=O) groups excluding carboxylic acids is 1. The molecule has 11 nitrogen and oxygen atoms in total. The Morgan fingerprint density at radius 2 is 2.02 bits per heavy atom. The average molecular weight is 630 g/mol. The number of carbonyl (C=O) groups is 1. The van der Waals surface area contributed by atoms with Crippen LogP contribution in [0.2, 0.25) is 0 Å². The Morgan fingerprint density at radius 3 is 2.73 bits per heavy atom. The first-order valence-corrected chi connectivity index (χ1v) is 15.1. The number of nitrogens with zero attached hydrogens (tertiary/aromatic N) is 7. The van der Waals surface area contributed by atoms with E-state index in [0.29, 0.717) is 57.3 Å². The summed E-state index contributed by atoms with van der Waals surface area (Å²) in [5.41, 5.74) is 0.538. The minimum atomic E-state index is -4.63. The van der Waals surface area contributed by atoms with Crippen molar-refractivity contribution in [3.63, 3.8) is 0 Å². The van der Waals surface area contributed by atoms with Crippen LogP contribution in [0, 0.1) is 6.57 Å². The van der Waals surface area contributed by atoms with Crippen molar-refractivity contribution in [2.75, 3.05) is 75.9 Å². The van der Waals surface area contributed by atoms with Crippen LogP contribution in [0.15, 0.2) is 30.9 Å². The van der Waals surface area contributed by atoms with Crippen molar-refractivity contribution in [2.24, 2.45) is 0 Å². The Balaban J connectivity index is 1.49. The van der Waals surface area contributed by atoms with Crippen LogP contribution in [-0.2, 0) is 23.9 Å². The zero-order valence-corrected chi connectivity index (χ0v) is 25.3. The summed E-state index contributed by atoms with van der Waals surface area (Å²) < 4.78 is 53.9. The largest absolute Gasteiger partial charge is 0.496 e. The Kier molecular flexibility index (Phi) is 9.99.